The minimum Gasteiger partial charge on any atom is -0.344 e. The Hall–Kier alpha value is -2.37. The summed E-state index contributed by atoms with van der Waals surface area (Å²) in [6, 6.07) is 6.33. The molecule has 3 amide bonds. The van der Waals surface area contributed by atoms with Crippen LogP contribution in [-0.4, -0.2) is 23.8 Å². The van der Waals surface area contributed by atoms with Crippen LogP contribution in [0.4, 0.5) is 11.4 Å². The summed E-state index contributed by atoms with van der Waals surface area (Å²) in [5.74, 6) is 0.277. The van der Waals surface area contributed by atoms with E-state index in [0.717, 1.165) is 25.7 Å². The zero-order valence-corrected chi connectivity index (χ0v) is 16.7. The van der Waals surface area contributed by atoms with Gasteiger partial charge in [0.15, 0.2) is 0 Å². The highest BCUT2D eigenvalue weighted by Crippen LogP contribution is 2.28. The zero-order chi connectivity index (χ0) is 20.0. The molecule has 0 aromatic heterocycles. The van der Waals surface area contributed by atoms with E-state index in [1.54, 1.807) is 24.3 Å². The lowest BCUT2D eigenvalue weighted by atomic mass is 9.82. The maximum absolute atomic E-state index is 12.7. The zero-order valence-electron chi connectivity index (χ0n) is 16.7. The molecule has 0 aliphatic heterocycles. The minimum absolute atomic E-state index is 0.00666. The van der Waals surface area contributed by atoms with Gasteiger partial charge in [-0.05, 0) is 61.8 Å². The van der Waals surface area contributed by atoms with Crippen LogP contribution in [0.5, 0.6) is 0 Å². The molecule has 0 radical (unpaired) electrons. The number of anilines is 2. The quantitative estimate of drug-likeness (QED) is 0.712. The smallest absolute Gasteiger partial charge is 0.247 e. The number of nitrogens with one attached hydrogen (secondary N) is 3. The molecular weight excluding hydrogens is 342 g/mol. The number of rotatable bonds is 6. The topological polar surface area (TPSA) is 87.3 Å². The summed E-state index contributed by atoms with van der Waals surface area (Å²) in [7, 11) is 0. The molecule has 3 N–H and O–H groups in total. The Morgan fingerprint density at radius 3 is 1.93 bits per heavy atom. The fourth-order valence-electron chi connectivity index (χ4n) is 3.39. The van der Waals surface area contributed by atoms with Gasteiger partial charge >= 0.3 is 0 Å². The Morgan fingerprint density at radius 2 is 1.44 bits per heavy atom. The van der Waals surface area contributed by atoms with Gasteiger partial charge in [-0.3, -0.25) is 14.4 Å². The summed E-state index contributed by atoms with van der Waals surface area (Å²) in [5, 5.41) is 8.49. The molecule has 1 aromatic rings. The summed E-state index contributed by atoms with van der Waals surface area (Å²) in [6.07, 6.45) is 3.92. The normalized spacial score (nSPS) is 20.6. The van der Waals surface area contributed by atoms with Gasteiger partial charge in [-0.15, -0.1) is 0 Å². The Labute approximate surface area is 161 Å². The number of benzene rings is 1. The van der Waals surface area contributed by atoms with Gasteiger partial charge in [0.05, 0.1) is 0 Å². The molecule has 0 bridgehead atoms. The molecule has 1 aliphatic carbocycles. The Bertz CT molecular complexity index is 662. The first-order valence-electron chi connectivity index (χ1n) is 9.75. The summed E-state index contributed by atoms with van der Waals surface area (Å²) in [6.45, 7) is 7.51. The van der Waals surface area contributed by atoms with Crippen molar-refractivity contribution in [1.82, 2.24) is 5.32 Å². The van der Waals surface area contributed by atoms with Crippen molar-refractivity contribution in [1.29, 1.82) is 0 Å². The highest BCUT2D eigenvalue weighted by molar-refractivity contribution is 5.98. The molecule has 148 valence electrons. The first kappa shape index (κ1) is 20.9. The molecule has 1 aliphatic rings. The van der Waals surface area contributed by atoms with Crippen molar-refractivity contribution < 1.29 is 14.4 Å². The van der Waals surface area contributed by atoms with Gasteiger partial charge in [0, 0.05) is 24.2 Å². The van der Waals surface area contributed by atoms with Crippen LogP contribution in [0.2, 0.25) is 0 Å². The van der Waals surface area contributed by atoms with E-state index in [1.807, 2.05) is 13.8 Å². The van der Waals surface area contributed by atoms with Crippen molar-refractivity contribution in [2.45, 2.75) is 59.4 Å². The van der Waals surface area contributed by atoms with E-state index in [4.69, 9.17) is 0 Å². The van der Waals surface area contributed by atoms with E-state index in [2.05, 4.69) is 22.9 Å². The van der Waals surface area contributed by atoms with Gasteiger partial charge in [-0.25, -0.2) is 0 Å². The molecular formula is C21H31N3O3. The maximum atomic E-state index is 12.7. The van der Waals surface area contributed by atoms with Crippen molar-refractivity contribution in [3.8, 4) is 0 Å². The number of amides is 3. The number of carbonyl (C=O) groups is 3. The van der Waals surface area contributed by atoms with Crippen LogP contribution in [0, 0.1) is 17.8 Å². The van der Waals surface area contributed by atoms with Crippen molar-refractivity contribution in [2.75, 3.05) is 10.6 Å². The summed E-state index contributed by atoms with van der Waals surface area (Å²) in [4.78, 5) is 36.4. The lowest BCUT2D eigenvalue weighted by Gasteiger charge is -2.28. The average Bonchev–Trinajstić information content (AvgIpc) is 2.61. The first-order valence-corrected chi connectivity index (χ1v) is 9.75. The van der Waals surface area contributed by atoms with Crippen LogP contribution in [0.15, 0.2) is 24.3 Å². The van der Waals surface area contributed by atoms with E-state index < -0.39 is 6.04 Å². The van der Waals surface area contributed by atoms with Gasteiger partial charge in [-0.1, -0.05) is 20.8 Å². The monoisotopic (exact) mass is 373 g/mol. The van der Waals surface area contributed by atoms with Crippen molar-refractivity contribution in [3.05, 3.63) is 24.3 Å². The summed E-state index contributed by atoms with van der Waals surface area (Å²) >= 11 is 0. The van der Waals surface area contributed by atoms with Crippen LogP contribution in [0.25, 0.3) is 0 Å². The summed E-state index contributed by atoms with van der Waals surface area (Å²) < 4.78 is 0. The molecule has 1 fully saturated rings. The Balaban J connectivity index is 1.96. The fraction of sp³-hybridized carbons (Fsp3) is 0.571. The van der Waals surface area contributed by atoms with Crippen molar-refractivity contribution in [2.24, 2.45) is 17.8 Å². The second-order valence-electron chi connectivity index (χ2n) is 7.93. The molecule has 0 heterocycles. The molecule has 1 aromatic carbocycles. The summed E-state index contributed by atoms with van der Waals surface area (Å²) in [5.41, 5.74) is 1.29. The van der Waals surface area contributed by atoms with Crippen LogP contribution >= 0.6 is 0 Å². The number of carbonyl (C=O) groups excluding carboxylic acids is 3. The van der Waals surface area contributed by atoms with E-state index in [-0.39, 0.29) is 29.6 Å². The van der Waals surface area contributed by atoms with Gasteiger partial charge in [0.2, 0.25) is 17.7 Å². The van der Waals surface area contributed by atoms with E-state index in [0.29, 0.717) is 17.3 Å². The second-order valence-corrected chi connectivity index (χ2v) is 7.93. The van der Waals surface area contributed by atoms with Crippen molar-refractivity contribution >= 4 is 29.1 Å². The van der Waals surface area contributed by atoms with Crippen molar-refractivity contribution in [3.63, 3.8) is 0 Å². The van der Waals surface area contributed by atoms with Crippen LogP contribution in [0.1, 0.15) is 53.4 Å². The number of hydrogen-bond donors (Lipinski definition) is 3. The molecule has 0 unspecified atom stereocenters. The molecule has 1 atom stereocenters. The van der Waals surface area contributed by atoms with Crippen LogP contribution < -0.4 is 16.0 Å². The van der Waals surface area contributed by atoms with Gasteiger partial charge < -0.3 is 16.0 Å². The number of hydrogen-bond acceptors (Lipinski definition) is 3. The molecule has 1 saturated carbocycles. The third-order valence-corrected chi connectivity index (χ3v) is 5.11. The van der Waals surface area contributed by atoms with Gasteiger partial charge in [0.25, 0.3) is 0 Å². The predicted molar refractivity (Wildman–Crippen MR) is 107 cm³/mol. The predicted octanol–water partition coefficient (Wildman–Crippen LogP) is 3.55. The van der Waals surface area contributed by atoms with Crippen LogP contribution in [0.3, 0.4) is 0 Å². The third kappa shape index (κ3) is 6.38. The van der Waals surface area contributed by atoms with E-state index in [1.165, 1.54) is 6.92 Å². The largest absolute Gasteiger partial charge is 0.344 e. The average molecular weight is 373 g/mol. The third-order valence-electron chi connectivity index (χ3n) is 5.11. The maximum Gasteiger partial charge on any atom is 0.247 e. The molecule has 2 rings (SSSR count). The van der Waals surface area contributed by atoms with Crippen LogP contribution in [-0.2, 0) is 14.4 Å². The molecule has 6 nitrogen and oxygen atoms in total. The molecule has 0 spiro atoms. The minimum atomic E-state index is -0.577. The van der Waals surface area contributed by atoms with E-state index in [9.17, 15) is 14.4 Å². The highest BCUT2D eigenvalue weighted by Gasteiger charge is 2.29. The SMILES string of the molecule is CC(=O)Nc1ccc(NC(=O)[C@H](NC(=O)C2CCC(C)CC2)C(C)C)cc1. The lowest BCUT2D eigenvalue weighted by Crippen LogP contribution is -2.49. The molecule has 27 heavy (non-hydrogen) atoms. The lowest BCUT2D eigenvalue weighted by molar-refractivity contribution is -0.131. The molecule has 0 saturated heterocycles. The fourth-order valence-corrected chi connectivity index (χ4v) is 3.39. The standard InChI is InChI=1S/C21H31N3O3/c1-13(2)19(24-20(26)16-7-5-14(3)6-8-16)21(27)23-18-11-9-17(10-12-18)22-15(4)25/h9-14,16,19H,5-8H2,1-4H3,(H,22,25)(H,23,27)(H,24,26)/t14?,16?,19-/m1/s1. The Morgan fingerprint density at radius 1 is 0.926 bits per heavy atom. The highest BCUT2D eigenvalue weighted by atomic mass is 16.2. The van der Waals surface area contributed by atoms with E-state index >= 15 is 0 Å². The second kappa shape index (κ2) is 9.53. The first-order chi connectivity index (χ1) is 12.8. The van der Waals surface area contributed by atoms with Gasteiger partial charge in [-0.2, -0.15) is 0 Å². The molecule has 6 heteroatoms. The Kier molecular flexibility index (Phi) is 7.39. The van der Waals surface area contributed by atoms with Gasteiger partial charge in [0.1, 0.15) is 6.04 Å².